The second-order valence-corrected chi connectivity index (χ2v) is 6.81. The predicted octanol–water partition coefficient (Wildman–Crippen LogP) is 3.01. The molecular formula is C20H21FN2O2. The number of fused-ring (bicyclic) bond motifs is 1. The van der Waals surface area contributed by atoms with Crippen LogP contribution in [0.25, 0.3) is 0 Å². The molecule has 0 saturated carbocycles. The van der Waals surface area contributed by atoms with Crippen LogP contribution in [-0.2, 0) is 17.6 Å². The molecule has 4 rings (SSSR count). The smallest absolute Gasteiger partial charge is 0.226 e. The van der Waals surface area contributed by atoms with Crippen molar-refractivity contribution < 1.29 is 13.9 Å². The van der Waals surface area contributed by atoms with Crippen LogP contribution in [-0.4, -0.2) is 35.0 Å². The molecule has 0 radical (unpaired) electrons. The lowest BCUT2D eigenvalue weighted by molar-refractivity contribution is -0.137. The van der Waals surface area contributed by atoms with E-state index >= 15 is 0 Å². The number of likely N-dealkylation sites (tertiary alicyclic amines) is 1. The van der Waals surface area contributed by atoms with Crippen LogP contribution in [0.5, 0.6) is 5.75 Å². The second-order valence-electron chi connectivity index (χ2n) is 6.81. The van der Waals surface area contributed by atoms with Gasteiger partial charge in [-0.25, -0.2) is 4.39 Å². The summed E-state index contributed by atoms with van der Waals surface area (Å²) in [5.41, 5.74) is 2.27. The van der Waals surface area contributed by atoms with E-state index in [1.807, 2.05) is 11.0 Å². The minimum Gasteiger partial charge on any atom is -0.490 e. The van der Waals surface area contributed by atoms with Crippen LogP contribution in [0.2, 0.25) is 0 Å². The summed E-state index contributed by atoms with van der Waals surface area (Å²) in [7, 11) is 0. The topological polar surface area (TPSA) is 42.4 Å². The van der Waals surface area contributed by atoms with Crippen LogP contribution < -0.4 is 4.74 Å². The number of rotatable bonds is 3. The van der Waals surface area contributed by atoms with Crippen LogP contribution >= 0.6 is 0 Å². The number of piperidine rings is 1. The van der Waals surface area contributed by atoms with Crippen LogP contribution in [0.3, 0.4) is 0 Å². The number of benzene rings is 1. The lowest BCUT2D eigenvalue weighted by Gasteiger charge is -2.33. The van der Waals surface area contributed by atoms with Crippen molar-refractivity contribution in [3.8, 4) is 5.75 Å². The van der Waals surface area contributed by atoms with Gasteiger partial charge in [-0.05, 0) is 42.3 Å². The number of hydrogen-bond donors (Lipinski definition) is 0. The average molecular weight is 340 g/mol. The molecule has 2 aliphatic rings. The van der Waals surface area contributed by atoms with Crippen molar-refractivity contribution in [1.82, 2.24) is 9.88 Å². The maximum atomic E-state index is 12.9. The average Bonchev–Trinajstić information content (AvgIpc) is 3.08. The molecule has 1 aliphatic carbocycles. The van der Waals surface area contributed by atoms with Crippen molar-refractivity contribution in [2.75, 3.05) is 13.1 Å². The molecule has 130 valence electrons. The SMILES string of the molecule is O=C(C1Cc2cccnc2C1)N1CCC(Oc2ccc(F)cc2)CC1. The van der Waals surface area contributed by atoms with E-state index in [-0.39, 0.29) is 23.7 Å². The number of aromatic nitrogens is 1. The van der Waals surface area contributed by atoms with Crippen LogP contribution in [0, 0.1) is 11.7 Å². The Hall–Kier alpha value is -2.43. The van der Waals surface area contributed by atoms with Crippen molar-refractivity contribution in [3.05, 3.63) is 59.7 Å². The van der Waals surface area contributed by atoms with Crippen molar-refractivity contribution in [1.29, 1.82) is 0 Å². The molecule has 1 aromatic heterocycles. The maximum absolute atomic E-state index is 12.9. The summed E-state index contributed by atoms with van der Waals surface area (Å²) in [6, 6.07) is 10.1. The Balaban J connectivity index is 1.30. The van der Waals surface area contributed by atoms with E-state index in [1.54, 1.807) is 18.3 Å². The van der Waals surface area contributed by atoms with Gasteiger partial charge in [-0.3, -0.25) is 9.78 Å². The Morgan fingerprint density at radius 3 is 2.60 bits per heavy atom. The first-order chi connectivity index (χ1) is 12.2. The van der Waals surface area contributed by atoms with Gasteiger partial charge in [0.2, 0.25) is 5.91 Å². The van der Waals surface area contributed by atoms with Gasteiger partial charge in [0.15, 0.2) is 0 Å². The summed E-state index contributed by atoms with van der Waals surface area (Å²) in [5, 5.41) is 0. The number of carbonyl (C=O) groups is 1. The highest BCUT2D eigenvalue weighted by atomic mass is 19.1. The first kappa shape index (κ1) is 16.1. The molecule has 0 spiro atoms. The van der Waals surface area contributed by atoms with Crippen molar-refractivity contribution in [3.63, 3.8) is 0 Å². The molecule has 1 amide bonds. The molecule has 1 atom stereocenters. The zero-order valence-corrected chi connectivity index (χ0v) is 14.0. The third-order valence-electron chi connectivity index (χ3n) is 5.11. The number of carbonyl (C=O) groups excluding carboxylic acids is 1. The van der Waals surface area contributed by atoms with Crippen LogP contribution in [0.1, 0.15) is 24.1 Å². The van der Waals surface area contributed by atoms with Gasteiger partial charge in [0, 0.05) is 50.2 Å². The zero-order valence-electron chi connectivity index (χ0n) is 14.0. The number of nitrogens with zero attached hydrogens (tertiary/aromatic N) is 2. The molecular weight excluding hydrogens is 319 g/mol. The van der Waals surface area contributed by atoms with Crippen LogP contribution in [0.4, 0.5) is 4.39 Å². The summed E-state index contributed by atoms with van der Waals surface area (Å²) in [6.45, 7) is 1.43. The summed E-state index contributed by atoms with van der Waals surface area (Å²) < 4.78 is 18.8. The molecule has 4 nitrogen and oxygen atoms in total. The van der Waals surface area contributed by atoms with Gasteiger partial charge < -0.3 is 9.64 Å². The minimum atomic E-state index is -0.264. The van der Waals surface area contributed by atoms with E-state index in [2.05, 4.69) is 11.1 Å². The number of ether oxygens (including phenoxy) is 1. The fraction of sp³-hybridized carbons (Fsp3) is 0.400. The van der Waals surface area contributed by atoms with E-state index in [0.717, 1.165) is 31.4 Å². The number of halogens is 1. The van der Waals surface area contributed by atoms with E-state index < -0.39 is 0 Å². The summed E-state index contributed by atoms with van der Waals surface area (Å²) in [6.07, 6.45) is 5.04. The van der Waals surface area contributed by atoms with Gasteiger partial charge in [-0.1, -0.05) is 6.07 Å². The number of hydrogen-bond acceptors (Lipinski definition) is 3. The Labute approximate surface area is 146 Å². The monoisotopic (exact) mass is 340 g/mol. The molecule has 0 N–H and O–H groups in total. The minimum absolute atomic E-state index is 0.0273. The molecule has 5 heteroatoms. The first-order valence-electron chi connectivity index (χ1n) is 8.83. The van der Waals surface area contributed by atoms with E-state index in [9.17, 15) is 9.18 Å². The normalized spacial score (nSPS) is 20.4. The number of pyridine rings is 1. The fourth-order valence-electron chi connectivity index (χ4n) is 3.74. The van der Waals surface area contributed by atoms with Crippen LogP contribution in [0.15, 0.2) is 42.6 Å². The molecule has 1 aromatic carbocycles. The molecule has 2 aromatic rings. The molecule has 25 heavy (non-hydrogen) atoms. The van der Waals surface area contributed by atoms with Gasteiger partial charge in [0.25, 0.3) is 0 Å². The van der Waals surface area contributed by atoms with Gasteiger partial charge in [-0.2, -0.15) is 0 Å². The summed E-state index contributed by atoms with van der Waals surface area (Å²) >= 11 is 0. The van der Waals surface area contributed by atoms with Gasteiger partial charge >= 0.3 is 0 Å². The van der Waals surface area contributed by atoms with E-state index in [1.165, 1.54) is 17.7 Å². The standard InChI is InChI=1S/C20H21FN2O2/c21-16-3-5-17(6-4-16)25-18-7-10-23(11-8-18)20(24)15-12-14-2-1-9-22-19(14)13-15/h1-6,9,15,18H,7-8,10-13H2. The highest BCUT2D eigenvalue weighted by Gasteiger charge is 2.33. The predicted molar refractivity (Wildman–Crippen MR) is 91.8 cm³/mol. The molecule has 1 saturated heterocycles. The Morgan fingerprint density at radius 1 is 1.12 bits per heavy atom. The largest absolute Gasteiger partial charge is 0.490 e. The molecule has 2 heterocycles. The summed E-state index contributed by atoms with van der Waals surface area (Å²) in [4.78, 5) is 19.1. The molecule has 1 fully saturated rings. The van der Waals surface area contributed by atoms with Gasteiger partial charge in [-0.15, -0.1) is 0 Å². The van der Waals surface area contributed by atoms with E-state index in [4.69, 9.17) is 4.74 Å². The lowest BCUT2D eigenvalue weighted by atomic mass is 10.0. The Kier molecular flexibility index (Phi) is 4.38. The highest BCUT2D eigenvalue weighted by Crippen LogP contribution is 2.28. The molecule has 0 bridgehead atoms. The fourth-order valence-corrected chi connectivity index (χ4v) is 3.74. The maximum Gasteiger partial charge on any atom is 0.226 e. The zero-order chi connectivity index (χ0) is 17.2. The highest BCUT2D eigenvalue weighted by molar-refractivity contribution is 5.80. The molecule has 1 unspecified atom stereocenters. The van der Waals surface area contributed by atoms with Crippen molar-refractivity contribution in [2.24, 2.45) is 5.92 Å². The first-order valence-corrected chi connectivity index (χ1v) is 8.83. The third kappa shape index (κ3) is 3.50. The lowest BCUT2D eigenvalue weighted by Crippen LogP contribution is -2.44. The number of amides is 1. The molecule has 1 aliphatic heterocycles. The Bertz CT molecular complexity index is 730. The van der Waals surface area contributed by atoms with Crippen molar-refractivity contribution in [2.45, 2.75) is 31.8 Å². The second kappa shape index (κ2) is 6.82. The van der Waals surface area contributed by atoms with E-state index in [0.29, 0.717) is 18.8 Å². The third-order valence-corrected chi connectivity index (χ3v) is 5.11. The van der Waals surface area contributed by atoms with Crippen molar-refractivity contribution >= 4 is 5.91 Å². The van der Waals surface area contributed by atoms with Gasteiger partial charge in [0.1, 0.15) is 17.7 Å². The quantitative estimate of drug-likeness (QED) is 0.863. The Morgan fingerprint density at radius 2 is 1.88 bits per heavy atom. The van der Waals surface area contributed by atoms with Gasteiger partial charge in [0.05, 0.1) is 0 Å². The summed E-state index contributed by atoms with van der Waals surface area (Å²) in [5.74, 6) is 0.681.